The van der Waals surface area contributed by atoms with Crippen LogP contribution in [0.2, 0.25) is 0 Å². The van der Waals surface area contributed by atoms with Crippen LogP contribution >= 0.6 is 0 Å². The van der Waals surface area contributed by atoms with Gasteiger partial charge in [-0.15, -0.1) is 0 Å². The Balaban J connectivity index is 1.64. The van der Waals surface area contributed by atoms with E-state index < -0.39 is 0 Å². The zero-order chi connectivity index (χ0) is 15.6. The Morgan fingerprint density at radius 1 is 1.14 bits per heavy atom. The minimum atomic E-state index is 0.428. The van der Waals surface area contributed by atoms with E-state index in [2.05, 4.69) is 37.3 Å². The van der Waals surface area contributed by atoms with Gasteiger partial charge in [-0.05, 0) is 62.0 Å². The zero-order valence-corrected chi connectivity index (χ0v) is 13.6. The molecule has 118 valence electrons. The third-order valence-corrected chi connectivity index (χ3v) is 4.64. The Bertz CT molecular complexity index is 489. The van der Waals surface area contributed by atoms with Crippen LogP contribution in [0.4, 0.5) is 0 Å². The number of rotatable bonds is 7. The van der Waals surface area contributed by atoms with E-state index in [1.54, 1.807) is 6.08 Å². The minimum Gasteiger partial charge on any atom is -0.374 e. The Hall–Kier alpha value is -1.59. The number of benzene rings is 1. The molecular weight excluding hydrogens is 270 g/mol. The Labute approximate surface area is 134 Å². The first-order chi connectivity index (χ1) is 10.8. The summed E-state index contributed by atoms with van der Waals surface area (Å²) in [6.07, 6.45) is 12.2. The van der Waals surface area contributed by atoms with Gasteiger partial charge in [0.1, 0.15) is 0 Å². The molecule has 1 fully saturated rings. The molecule has 2 nitrogen and oxygen atoms in total. The van der Waals surface area contributed by atoms with Crippen LogP contribution in [-0.4, -0.2) is 6.10 Å². The second-order valence-electron chi connectivity index (χ2n) is 6.23. The molecule has 22 heavy (non-hydrogen) atoms. The second-order valence-corrected chi connectivity index (χ2v) is 6.23. The van der Waals surface area contributed by atoms with Crippen molar-refractivity contribution in [2.24, 2.45) is 5.92 Å². The Kier molecular flexibility index (Phi) is 7.19. The van der Waals surface area contributed by atoms with Gasteiger partial charge in [-0.3, -0.25) is 0 Å². The quantitative estimate of drug-likeness (QED) is 0.649. The van der Waals surface area contributed by atoms with E-state index in [0.29, 0.717) is 6.10 Å². The first-order valence-electron chi connectivity index (χ1n) is 8.56. The van der Waals surface area contributed by atoms with E-state index in [9.17, 15) is 0 Å². The summed E-state index contributed by atoms with van der Waals surface area (Å²) in [6.45, 7) is 2.92. The summed E-state index contributed by atoms with van der Waals surface area (Å²) in [5.41, 5.74) is 2.66. The number of hydrogen-bond donors (Lipinski definition) is 0. The maximum absolute atomic E-state index is 8.47. The number of nitriles is 1. The highest BCUT2D eigenvalue weighted by atomic mass is 16.5. The summed E-state index contributed by atoms with van der Waals surface area (Å²) in [7, 11) is 0. The molecule has 0 unspecified atom stereocenters. The number of nitrogens with zero attached hydrogens (tertiary/aromatic N) is 1. The fraction of sp³-hybridized carbons (Fsp3) is 0.550. The van der Waals surface area contributed by atoms with E-state index in [0.717, 1.165) is 25.4 Å². The van der Waals surface area contributed by atoms with Crippen LogP contribution in [0.1, 0.15) is 56.6 Å². The molecular formula is C20H27NO. The molecule has 0 saturated heterocycles. The normalized spacial score (nSPS) is 21.8. The van der Waals surface area contributed by atoms with Gasteiger partial charge in [0.15, 0.2) is 0 Å². The van der Waals surface area contributed by atoms with E-state index in [-0.39, 0.29) is 0 Å². The van der Waals surface area contributed by atoms with Gasteiger partial charge in [0, 0.05) is 6.08 Å². The summed E-state index contributed by atoms with van der Waals surface area (Å²) < 4.78 is 6.08. The predicted octanol–water partition coefficient (Wildman–Crippen LogP) is 5.18. The molecule has 2 rings (SSSR count). The molecule has 0 radical (unpaired) electrons. The van der Waals surface area contributed by atoms with Crippen molar-refractivity contribution in [3.8, 4) is 6.07 Å². The Morgan fingerprint density at radius 2 is 1.82 bits per heavy atom. The minimum absolute atomic E-state index is 0.428. The molecule has 1 aromatic carbocycles. The number of aryl methyl sites for hydroxylation is 1. The van der Waals surface area contributed by atoms with E-state index >= 15 is 0 Å². The van der Waals surface area contributed by atoms with Crippen molar-refractivity contribution in [1.82, 2.24) is 0 Å². The van der Waals surface area contributed by atoms with Crippen molar-refractivity contribution in [3.63, 3.8) is 0 Å². The van der Waals surface area contributed by atoms with Crippen molar-refractivity contribution in [2.45, 2.75) is 64.6 Å². The summed E-state index contributed by atoms with van der Waals surface area (Å²) in [6, 6.07) is 10.8. The highest BCUT2D eigenvalue weighted by Gasteiger charge is 2.21. The highest BCUT2D eigenvalue weighted by molar-refractivity contribution is 5.21. The molecule has 1 aliphatic carbocycles. The van der Waals surface area contributed by atoms with Crippen LogP contribution < -0.4 is 0 Å². The lowest BCUT2D eigenvalue weighted by Crippen LogP contribution is -2.21. The van der Waals surface area contributed by atoms with Crippen molar-refractivity contribution in [2.75, 3.05) is 0 Å². The SMILES string of the molecule is CCc1ccc(COC2CCC(CC/C=C/C#N)CC2)cc1. The number of ether oxygens (including phenoxy) is 1. The van der Waals surface area contributed by atoms with Crippen molar-refractivity contribution in [3.05, 3.63) is 47.5 Å². The molecule has 0 spiro atoms. The molecule has 1 aromatic rings. The molecule has 1 saturated carbocycles. The van der Waals surface area contributed by atoms with E-state index in [1.165, 1.54) is 43.2 Å². The topological polar surface area (TPSA) is 33.0 Å². The third-order valence-electron chi connectivity index (χ3n) is 4.64. The number of hydrogen-bond acceptors (Lipinski definition) is 2. The van der Waals surface area contributed by atoms with Crippen molar-refractivity contribution >= 4 is 0 Å². The van der Waals surface area contributed by atoms with Gasteiger partial charge in [0.2, 0.25) is 0 Å². The van der Waals surface area contributed by atoms with Crippen molar-refractivity contribution in [1.29, 1.82) is 5.26 Å². The van der Waals surface area contributed by atoms with Gasteiger partial charge in [0.25, 0.3) is 0 Å². The summed E-state index contributed by atoms with van der Waals surface area (Å²) >= 11 is 0. The molecule has 0 atom stereocenters. The van der Waals surface area contributed by atoms with Gasteiger partial charge in [0.05, 0.1) is 18.8 Å². The predicted molar refractivity (Wildman–Crippen MR) is 90.3 cm³/mol. The lowest BCUT2D eigenvalue weighted by molar-refractivity contribution is 0.00646. The molecule has 1 aliphatic rings. The van der Waals surface area contributed by atoms with Gasteiger partial charge in [-0.1, -0.05) is 37.3 Å². The standard InChI is InChI=1S/C20H27NO/c1-2-17-7-9-19(10-8-17)16-22-20-13-11-18(12-14-20)6-4-3-5-15-21/h3,5,7-10,18,20H,2,4,6,11-14,16H2,1H3/b5-3+. The average molecular weight is 297 g/mol. The average Bonchev–Trinajstić information content (AvgIpc) is 2.58. The monoisotopic (exact) mass is 297 g/mol. The van der Waals surface area contributed by atoms with Crippen LogP contribution in [0.25, 0.3) is 0 Å². The summed E-state index contributed by atoms with van der Waals surface area (Å²) in [5, 5.41) is 8.47. The fourth-order valence-electron chi connectivity index (χ4n) is 3.14. The molecule has 2 heteroatoms. The maximum Gasteiger partial charge on any atom is 0.0908 e. The second kappa shape index (κ2) is 9.43. The summed E-state index contributed by atoms with van der Waals surface area (Å²) in [5.74, 6) is 0.812. The van der Waals surface area contributed by atoms with Crippen LogP contribution in [0.3, 0.4) is 0 Å². The fourth-order valence-corrected chi connectivity index (χ4v) is 3.14. The lowest BCUT2D eigenvalue weighted by atomic mass is 9.84. The van der Waals surface area contributed by atoms with E-state index in [1.807, 2.05) is 6.08 Å². The molecule has 0 aromatic heterocycles. The maximum atomic E-state index is 8.47. The van der Waals surface area contributed by atoms with Gasteiger partial charge in [-0.25, -0.2) is 0 Å². The van der Waals surface area contributed by atoms with Gasteiger partial charge in [-0.2, -0.15) is 5.26 Å². The van der Waals surface area contributed by atoms with Crippen LogP contribution in [-0.2, 0) is 17.8 Å². The largest absolute Gasteiger partial charge is 0.374 e. The van der Waals surface area contributed by atoms with Crippen LogP contribution in [0, 0.1) is 17.2 Å². The van der Waals surface area contributed by atoms with Gasteiger partial charge < -0.3 is 4.74 Å². The molecule has 0 bridgehead atoms. The van der Waals surface area contributed by atoms with Crippen LogP contribution in [0.15, 0.2) is 36.4 Å². The smallest absolute Gasteiger partial charge is 0.0908 e. The van der Waals surface area contributed by atoms with E-state index in [4.69, 9.17) is 10.00 Å². The summed E-state index contributed by atoms with van der Waals surface area (Å²) in [4.78, 5) is 0. The molecule has 0 amide bonds. The molecule has 0 N–H and O–H groups in total. The van der Waals surface area contributed by atoms with Crippen LogP contribution in [0.5, 0.6) is 0 Å². The molecule has 0 aliphatic heterocycles. The third kappa shape index (κ3) is 5.66. The van der Waals surface area contributed by atoms with Gasteiger partial charge >= 0.3 is 0 Å². The zero-order valence-electron chi connectivity index (χ0n) is 13.6. The number of allylic oxidation sites excluding steroid dienone is 2. The lowest BCUT2D eigenvalue weighted by Gasteiger charge is -2.28. The highest BCUT2D eigenvalue weighted by Crippen LogP contribution is 2.30. The first kappa shape index (κ1) is 16.8. The Morgan fingerprint density at radius 3 is 2.45 bits per heavy atom. The first-order valence-corrected chi connectivity index (χ1v) is 8.56. The van der Waals surface area contributed by atoms with Crippen molar-refractivity contribution < 1.29 is 4.74 Å². The molecule has 0 heterocycles.